The smallest absolute Gasteiger partial charge is 0.0649 e. The summed E-state index contributed by atoms with van der Waals surface area (Å²) in [6, 6.07) is 0. The fraction of sp³-hybridized carbons (Fsp3) is 1.00. The summed E-state index contributed by atoms with van der Waals surface area (Å²) in [7, 11) is 0. The Morgan fingerprint density at radius 3 is 2.50 bits per heavy atom. The van der Waals surface area contributed by atoms with Gasteiger partial charge in [-0.25, -0.2) is 0 Å². The minimum atomic E-state index is -0.460. The molecule has 1 rings (SSSR count). The SMILES string of the molecule is CCCC(C)(O)C1CCOCC1. The van der Waals surface area contributed by atoms with Gasteiger partial charge in [0.1, 0.15) is 0 Å². The highest BCUT2D eigenvalue weighted by molar-refractivity contribution is 4.82. The molecule has 0 aromatic rings. The zero-order chi connectivity index (χ0) is 9.03. The average molecular weight is 172 g/mol. The second kappa shape index (κ2) is 4.24. The minimum absolute atomic E-state index is 0.450. The van der Waals surface area contributed by atoms with Gasteiger partial charge in [-0.2, -0.15) is 0 Å². The first-order valence-electron chi connectivity index (χ1n) is 4.97. The second-order valence-electron chi connectivity index (χ2n) is 3.99. The van der Waals surface area contributed by atoms with Crippen LogP contribution in [0.25, 0.3) is 0 Å². The standard InChI is InChI=1S/C10H20O2/c1-3-6-10(2,11)9-4-7-12-8-5-9/h9,11H,3-8H2,1-2H3. The van der Waals surface area contributed by atoms with Gasteiger partial charge in [-0.1, -0.05) is 13.3 Å². The van der Waals surface area contributed by atoms with Crippen LogP contribution in [0.3, 0.4) is 0 Å². The summed E-state index contributed by atoms with van der Waals surface area (Å²) >= 11 is 0. The van der Waals surface area contributed by atoms with Crippen molar-refractivity contribution in [3.05, 3.63) is 0 Å². The van der Waals surface area contributed by atoms with Gasteiger partial charge in [-0.05, 0) is 32.1 Å². The highest BCUT2D eigenvalue weighted by atomic mass is 16.5. The summed E-state index contributed by atoms with van der Waals surface area (Å²) in [6.45, 7) is 5.73. The van der Waals surface area contributed by atoms with Crippen molar-refractivity contribution in [3.8, 4) is 0 Å². The van der Waals surface area contributed by atoms with E-state index in [0.29, 0.717) is 5.92 Å². The molecule has 12 heavy (non-hydrogen) atoms. The zero-order valence-corrected chi connectivity index (χ0v) is 8.18. The van der Waals surface area contributed by atoms with Crippen molar-refractivity contribution in [1.82, 2.24) is 0 Å². The number of hydrogen-bond acceptors (Lipinski definition) is 2. The monoisotopic (exact) mass is 172 g/mol. The Labute approximate surface area is 74.9 Å². The van der Waals surface area contributed by atoms with Gasteiger partial charge in [-0.3, -0.25) is 0 Å². The lowest BCUT2D eigenvalue weighted by molar-refractivity contribution is -0.0585. The van der Waals surface area contributed by atoms with E-state index in [4.69, 9.17) is 4.74 Å². The summed E-state index contributed by atoms with van der Waals surface area (Å²) in [5, 5.41) is 10.1. The van der Waals surface area contributed by atoms with E-state index >= 15 is 0 Å². The molecule has 1 atom stereocenters. The number of rotatable bonds is 3. The summed E-state index contributed by atoms with van der Waals surface area (Å²) < 4.78 is 5.26. The van der Waals surface area contributed by atoms with Gasteiger partial charge in [0.05, 0.1) is 5.60 Å². The summed E-state index contributed by atoms with van der Waals surface area (Å²) in [5.74, 6) is 0.450. The van der Waals surface area contributed by atoms with E-state index in [1.54, 1.807) is 0 Å². The molecule has 0 spiro atoms. The molecule has 1 aliphatic rings. The van der Waals surface area contributed by atoms with E-state index in [2.05, 4.69) is 6.92 Å². The summed E-state index contributed by atoms with van der Waals surface area (Å²) in [5.41, 5.74) is -0.460. The first-order valence-corrected chi connectivity index (χ1v) is 4.97. The van der Waals surface area contributed by atoms with Gasteiger partial charge >= 0.3 is 0 Å². The van der Waals surface area contributed by atoms with Crippen molar-refractivity contribution in [2.45, 2.75) is 45.1 Å². The summed E-state index contributed by atoms with van der Waals surface area (Å²) in [6.07, 6.45) is 4.02. The minimum Gasteiger partial charge on any atom is -0.390 e. The molecular weight excluding hydrogens is 152 g/mol. The molecule has 1 unspecified atom stereocenters. The fourth-order valence-electron chi connectivity index (χ4n) is 2.03. The highest BCUT2D eigenvalue weighted by Gasteiger charge is 2.31. The molecule has 0 saturated carbocycles. The molecule has 0 radical (unpaired) electrons. The number of ether oxygens (including phenoxy) is 1. The van der Waals surface area contributed by atoms with Crippen molar-refractivity contribution >= 4 is 0 Å². The average Bonchev–Trinajstić information content (AvgIpc) is 2.06. The van der Waals surface area contributed by atoms with Gasteiger partial charge in [0.25, 0.3) is 0 Å². The van der Waals surface area contributed by atoms with Crippen LogP contribution in [-0.4, -0.2) is 23.9 Å². The quantitative estimate of drug-likeness (QED) is 0.705. The molecule has 1 aliphatic heterocycles. The Hall–Kier alpha value is -0.0800. The third-order valence-corrected chi connectivity index (χ3v) is 2.86. The molecule has 0 aromatic heterocycles. The van der Waals surface area contributed by atoms with Crippen LogP contribution in [0, 0.1) is 5.92 Å². The predicted octanol–water partition coefficient (Wildman–Crippen LogP) is 1.96. The first kappa shape index (κ1) is 10.0. The molecule has 1 N–H and O–H groups in total. The lowest BCUT2D eigenvalue weighted by Gasteiger charge is -2.35. The maximum Gasteiger partial charge on any atom is 0.0649 e. The van der Waals surface area contributed by atoms with E-state index in [0.717, 1.165) is 38.9 Å². The van der Waals surface area contributed by atoms with Gasteiger partial charge in [0.15, 0.2) is 0 Å². The van der Waals surface area contributed by atoms with Crippen molar-refractivity contribution < 1.29 is 9.84 Å². The Morgan fingerprint density at radius 1 is 1.42 bits per heavy atom. The van der Waals surface area contributed by atoms with Crippen LogP contribution < -0.4 is 0 Å². The Kier molecular flexibility index (Phi) is 3.53. The first-order chi connectivity index (χ1) is 5.67. The van der Waals surface area contributed by atoms with E-state index in [1.165, 1.54) is 0 Å². The normalized spacial score (nSPS) is 25.2. The molecule has 1 fully saturated rings. The lowest BCUT2D eigenvalue weighted by atomic mass is 9.80. The molecular formula is C10H20O2. The molecule has 1 heterocycles. The molecule has 0 aliphatic carbocycles. The molecule has 1 saturated heterocycles. The predicted molar refractivity (Wildman–Crippen MR) is 49.1 cm³/mol. The Bertz CT molecular complexity index is 126. The molecule has 2 nitrogen and oxygen atoms in total. The van der Waals surface area contributed by atoms with Gasteiger partial charge in [-0.15, -0.1) is 0 Å². The van der Waals surface area contributed by atoms with Crippen LogP contribution in [0.5, 0.6) is 0 Å². The van der Waals surface area contributed by atoms with Crippen molar-refractivity contribution in [1.29, 1.82) is 0 Å². The third-order valence-electron chi connectivity index (χ3n) is 2.86. The fourth-order valence-corrected chi connectivity index (χ4v) is 2.03. The van der Waals surface area contributed by atoms with Crippen LogP contribution in [0.2, 0.25) is 0 Å². The van der Waals surface area contributed by atoms with Crippen molar-refractivity contribution in [2.24, 2.45) is 5.92 Å². The van der Waals surface area contributed by atoms with Crippen LogP contribution >= 0.6 is 0 Å². The van der Waals surface area contributed by atoms with E-state index in [9.17, 15) is 5.11 Å². The molecule has 2 heteroatoms. The van der Waals surface area contributed by atoms with Crippen LogP contribution in [0.15, 0.2) is 0 Å². The second-order valence-corrected chi connectivity index (χ2v) is 3.99. The van der Waals surface area contributed by atoms with Crippen LogP contribution in [0.4, 0.5) is 0 Å². The number of aliphatic hydroxyl groups is 1. The lowest BCUT2D eigenvalue weighted by Crippen LogP contribution is -2.38. The molecule has 0 aromatic carbocycles. The van der Waals surface area contributed by atoms with Crippen LogP contribution in [-0.2, 0) is 4.74 Å². The van der Waals surface area contributed by atoms with Gasteiger partial charge in [0.2, 0.25) is 0 Å². The van der Waals surface area contributed by atoms with Gasteiger partial charge in [0, 0.05) is 13.2 Å². The van der Waals surface area contributed by atoms with E-state index < -0.39 is 5.60 Å². The largest absolute Gasteiger partial charge is 0.390 e. The topological polar surface area (TPSA) is 29.5 Å². The van der Waals surface area contributed by atoms with Crippen molar-refractivity contribution in [3.63, 3.8) is 0 Å². The molecule has 72 valence electrons. The molecule has 0 amide bonds. The molecule has 0 bridgehead atoms. The van der Waals surface area contributed by atoms with Crippen molar-refractivity contribution in [2.75, 3.05) is 13.2 Å². The maximum atomic E-state index is 10.1. The Balaban J connectivity index is 2.41. The third kappa shape index (κ3) is 2.46. The van der Waals surface area contributed by atoms with E-state index in [-0.39, 0.29) is 0 Å². The zero-order valence-electron chi connectivity index (χ0n) is 8.18. The summed E-state index contributed by atoms with van der Waals surface area (Å²) in [4.78, 5) is 0. The highest BCUT2D eigenvalue weighted by Crippen LogP contribution is 2.30. The Morgan fingerprint density at radius 2 is 2.00 bits per heavy atom. The maximum absolute atomic E-state index is 10.1. The van der Waals surface area contributed by atoms with Gasteiger partial charge < -0.3 is 9.84 Å². The van der Waals surface area contributed by atoms with Crippen LogP contribution in [0.1, 0.15) is 39.5 Å². The van der Waals surface area contributed by atoms with E-state index in [1.807, 2.05) is 6.92 Å². The number of hydrogen-bond donors (Lipinski definition) is 1.